The average Bonchev–Trinajstić information content (AvgIpc) is 3.23. The van der Waals surface area contributed by atoms with Gasteiger partial charge in [0.05, 0.1) is 11.5 Å². The van der Waals surface area contributed by atoms with Crippen LogP contribution in [-0.4, -0.2) is 52.0 Å². The maximum Gasteiger partial charge on any atom is 0.261 e. The molecule has 3 rings (SSSR count). The van der Waals surface area contributed by atoms with Crippen LogP contribution in [0.2, 0.25) is 0 Å². The smallest absolute Gasteiger partial charge is 0.261 e. The molecule has 1 saturated heterocycles. The topological polar surface area (TPSA) is 87.7 Å². The van der Waals surface area contributed by atoms with E-state index in [2.05, 4.69) is 14.9 Å². The first-order valence-corrected chi connectivity index (χ1v) is 11.3. The van der Waals surface area contributed by atoms with Gasteiger partial charge in [0.1, 0.15) is 5.75 Å². The van der Waals surface area contributed by atoms with Gasteiger partial charge in [-0.15, -0.1) is 0 Å². The predicted molar refractivity (Wildman–Crippen MR) is 113 cm³/mol. The Balaban J connectivity index is 1.62. The van der Waals surface area contributed by atoms with Crippen molar-refractivity contribution in [3.63, 3.8) is 0 Å². The Morgan fingerprint density at radius 3 is 2.52 bits per heavy atom. The van der Waals surface area contributed by atoms with Crippen molar-refractivity contribution in [2.75, 3.05) is 37.5 Å². The van der Waals surface area contributed by atoms with Gasteiger partial charge in [0.25, 0.3) is 15.9 Å². The van der Waals surface area contributed by atoms with Gasteiger partial charge in [-0.3, -0.25) is 9.52 Å². The number of likely N-dealkylation sites (tertiary alicyclic amines) is 1. The van der Waals surface area contributed by atoms with Crippen LogP contribution in [0.1, 0.15) is 30.1 Å². The molecule has 2 aromatic carbocycles. The number of carbonyl (C=O) groups is 1. The summed E-state index contributed by atoms with van der Waals surface area (Å²) in [5.74, 6) is 0.394. The van der Waals surface area contributed by atoms with Crippen molar-refractivity contribution in [1.29, 1.82) is 0 Å². The van der Waals surface area contributed by atoms with Gasteiger partial charge in [-0.1, -0.05) is 6.07 Å². The molecule has 1 aliphatic rings. The van der Waals surface area contributed by atoms with Gasteiger partial charge >= 0.3 is 0 Å². The van der Waals surface area contributed by atoms with Crippen LogP contribution in [0, 0.1) is 0 Å². The van der Waals surface area contributed by atoms with E-state index in [1.807, 2.05) is 6.92 Å². The Morgan fingerprint density at radius 1 is 1.10 bits per heavy atom. The van der Waals surface area contributed by atoms with Crippen LogP contribution in [0.5, 0.6) is 5.75 Å². The zero-order valence-corrected chi connectivity index (χ0v) is 17.4. The minimum absolute atomic E-state index is 0.0403. The minimum atomic E-state index is -3.81. The lowest BCUT2D eigenvalue weighted by molar-refractivity contribution is 0.0949. The van der Waals surface area contributed by atoms with E-state index in [4.69, 9.17) is 4.74 Å². The van der Waals surface area contributed by atoms with Gasteiger partial charge in [0.15, 0.2) is 0 Å². The van der Waals surface area contributed by atoms with Crippen LogP contribution >= 0.6 is 0 Å². The lowest BCUT2D eigenvalue weighted by atomic mass is 10.2. The van der Waals surface area contributed by atoms with E-state index in [1.165, 1.54) is 25.0 Å². The fraction of sp³-hybridized carbons (Fsp3) is 0.381. The van der Waals surface area contributed by atoms with Crippen LogP contribution in [-0.2, 0) is 10.0 Å². The molecule has 1 heterocycles. The summed E-state index contributed by atoms with van der Waals surface area (Å²) in [4.78, 5) is 14.7. The van der Waals surface area contributed by atoms with Gasteiger partial charge in [-0.25, -0.2) is 8.42 Å². The van der Waals surface area contributed by atoms with E-state index in [1.54, 1.807) is 36.4 Å². The molecule has 156 valence electrons. The van der Waals surface area contributed by atoms with Gasteiger partial charge in [0.2, 0.25) is 0 Å². The first-order valence-electron chi connectivity index (χ1n) is 9.84. The maximum atomic E-state index is 12.7. The van der Waals surface area contributed by atoms with E-state index in [0.717, 1.165) is 19.6 Å². The van der Waals surface area contributed by atoms with Gasteiger partial charge < -0.3 is 15.0 Å². The predicted octanol–water partition coefficient (Wildman–Crippen LogP) is 2.71. The Hall–Kier alpha value is -2.58. The number of hydrogen-bond donors (Lipinski definition) is 2. The third-order valence-electron chi connectivity index (χ3n) is 4.74. The van der Waals surface area contributed by atoms with Crippen molar-refractivity contribution in [2.24, 2.45) is 0 Å². The third-order valence-corrected chi connectivity index (χ3v) is 6.12. The summed E-state index contributed by atoms with van der Waals surface area (Å²) in [6, 6.07) is 12.7. The van der Waals surface area contributed by atoms with E-state index in [-0.39, 0.29) is 10.8 Å². The van der Waals surface area contributed by atoms with Crippen molar-refractivity contribution in [3.8, 4) is 5.75 Å². The maximum absolute atomic E-state index is 12.7. The number of nitrogens with one attached hydrogen (secondary N) is 2. The fourth-order valence-corrected chi connectivity index (χ4v) is 4.34. The number of anilines is 1. The number of amides is 1. The van der Waals surface area contributed by atoms with Crippen LogP contribution in [0.25, 0.3) is 0 Å². The number of ether oxygens (including phenoxy) is 1. The Labute approximate surface area is 172 Å². The molecular weight excluding hydrogens is 390 g/mol. The summed E-state index contributed by atoms with van der Waals surface area (Å²) in [6.45, 7) is 5.91. The Morgan fingerprint density at radius 2 is 1.83 bits per heavy atom. The first kappa shape index (κ1) is 21.1. The van der Waals surface area contributed by atoms with Crippen LogP contribution in [0.4, 0.5) is 5.69 Å². The zero-order chi connectivity index (χ0) is 20.7. The van der Waals surface area contributed by atoms with E-state index in [0.29, 0.717) is 30.2 Å². The molecule has 0 aromatic heterocycles. The summed E-state index contributed by atoms with van der Waals surface area (Å²) in [7, 11) is -3.81. The van der Waals surface area contributed by atoms with Gasteiger partial charge in [-0.05, 0) is 75.3 Å². The molecule has 2 N–H and O–H groups in total. The summed E-state index contributed by atoms with van der Waals surface area (Å²) >= 11 is 0. The van der Waals surface area contributed by atoms with Gasteiger partial charge in [-0.2, -0.15) is 0 Å². The SMILES string of the molecule is CCOc1ccc(NS(=O)(=O)c2cccc(C(=O)NCCN3CCCC3)c2)cc1. The summed E-state index contributed by atoms with van der Waals surface area (Å²) in [5, 5.41) is 2.86. The van der Waals surface area contributed by atoms with Crippen molar-refractivity contribution in [3.05, 3.63) is 54.1 Å². The first-order chi connectivity index (χ1) is 14.0. The quantitative estimate of drug-likeness (QED) is 0.655. The molecule has 7 nitrogen and oxygen atoms in total. The van der Waals surface area contributed by atoms with E-state index < -0.39 is 10.0 Å². The van der Waals surface area contributed by atoms with Crippen molar-refractivity contribution < 1.29 is 17.9 Å². The molecule has 1 amide bonds. The molecule has 0 aliphatic carbocycles. The second kappa shape index (κ2) is 9.76. The molecule has 0 radical (unpaired) electrons. The van der Waals surface area contributed by atoms with Crippen molar-refractivity contribution >= 4 is 21.6 Å². The number of nitrogens with zero attached hydrogens (tertiary/aromatic N) is 1. The number of hydrogen-bond acceptors (Lipinski definition) is 5. The molecule has 8 heteroatoms. The monoisotopic (exact) mass is 417 g/mol. The Bertz CT molecular complexity index is 923. The third kappa shape index (κ3) is 5.95. The number of sulfonamides is 1. The average molecular weight is 418 g/mol. The molecule has 0 unspecified atom stereocenters. The van der Waals surface area contributed by atoms with E-state index >= 15 is 0 Å². The summed E-state index contributed by atoms with van der Waals surface area (Å²) in [5.41, 5.74) is 0.745. The highest BCUT2D eigenvalue weighted by Crippen LogP contribution is 2.20. The molecule has 0 saturated carbocycles. The second-order valence-electron chi connectivity index (χ2n) is 6.90. The molecule has 2 aromatic rings. The molecule has 0 bridgehead atoms. The zero-order valence-electron chi connectivity index (χ0n) is 16.6. The van der Waals surface area contributed by atoms with Crippen LogP contribution in [0.15, 0.2) is 53.4 Å². The molecule has 0 atom stereocenters. The van der Waals surface area contributed by atoms with Gasteiger partial charge in [0, 0.05) is 24.3 Å². The van der Waals surface area contributed by atoms with Crippen LogP contribution in [0.3, 0.4) is 0 Å². The number of rotatable bonds is 9. The highest BCUT2D eigenvalue weighted by molar-refractivity contribution is 7.92. The largest absolute Gasteiger partial charge is 0.494 e. The number of carbonyl (C=O) groups excluding carboxylic acids is 1. The summed E-state index contributed by atoms with van der Waals surface area (Å²) in [6.07, 6.45) is 2.41. The standard InChI is InChI=1S/C21H27N3O4S/c1-2-28-19-10-8-18(9-11-19)23-29(26,27)20-7-5-6-17(16-20)21(25)22-12-15-24-13-3-4-14-24/h5-11,16,23H,2-4,12-15H2,1H3,(H,22,25). The van der Waals surface area contributed by atoms with Crippen LogP contribution < -0.4 is 14.8 Å². The fourth-order valence-electron chi connectivity index (χ4n) is 3.24. The molecule has 1 aliphatic heterocycles. The number of benzene rings is 2. The molecular formula is C21H27N3O4S. The highest BCUT2D eigenvalue weighted by Gasteiger charge is 2.17. The van der Waals surface area contributed by atoms with E-state index in [9.17, 15) is 13.2 Å². The molecule has 0 spiro atoms. The Kier molecular flexibility index (Phi) is 7.11. The lowest BCUT2D eigenvalue weighted by Gasteiger charge is -2.15. The molecule has 29 heavy (non-hydrogen) atoms. The lowest BCUT2D eigenvalue weighted by Crippen LogP contribution is -2.33. The normalized spacial score (nSPS) is 14.5. The second-order valence-corrected chi connectivity index (χ2v) is 8.58. The van der Waals surface area contributed by atoms with Crippen molar-refractivity contribution in [2.45, 2.75) is 24.7 Å². The highest BCUT2D eigenvalue weighted by atomic mass is 32.2. The minimum Gasteiger partial charge on any atom is -0.494 e. The summed E-state index contributed by atoms with van der Waals surface area (Å²) < 4.78 is 33.3. The van der Waals surface area contributed by atoms with Crippen molar-refractivity contribution in [1.82, 2.24) is 10.2 Å². The molecule has 1 fully saturated rings.